The van der Waals surface area contributed by atoms with Crippen LogP contribution in [0.2, 0.25) is 0 Å². The second kappa shape index (κ2) is 8.92. The van der Waals surface area contributed by atoms with Crippen LogP contribution in [0.3, 0.4) is 0 Å². The Morgan fingerprint density at radius 1 is 0.912 bits per heavy atom. The first-order valence-electron chi connectivity index (χ1n) is 10.6. The minimum Gasteiger partial charge on any atom is -0.322 e. The third-order valence-electron chi connectivity index (χ3n) is 5.32. The lowest BCUT2D eigenvalue weighted by Crippen LogP contribution is -2.12. The molecule has 0 saturated heterocycles. The van der Waals surface area contributed by atoms with Gasteiger partial charge in [0.05, 0.1) is 16.3 Å². The third kappa shape index (κ3) is 4.57. The van der Waals surface area contributed by atoms with Crippen LogP contribution in [0.15, 0.2) is 108 Å². The molecule has 0 atom stereocenters. The number of hydrogen-bond donors (Lipinski definition) is 1. The van der Waals surface area contributed by atoms with E-state index in [0.717, 1.165) is 11.3 Å². The summed E-state index contributed by atoms with van der Waals surface area (Å²) in [5.41, 5.74) is 3.24. The summed E-state index contributed by atoms with van der Waals surface area (Å²) in [5, 5.41) is 2.86. The molecule has 0 radical (unpaired) electrons. The van der Waals surface area contributed by atoms with Crippen LogP contribution < -0.4 is 5.32 Å². The number of hydrogen-bond acceptors (Lipinski definition) is 5. The molecule has 0 bridgehead atoms. The monoisotopic (exact) mass is 468 g/mol. The van der Waals surface area contributed by atoms with Crippen molar-refractivity contribution in [2.45, 2.75) is 10.6 Å². The fourth-order valence-electron chi connectivity index (χ4n) is 3.63. The predicted molar refractivity (Wildman–Crippen MR) is 130 cm³/mol. The number of aromatic nitrogens is 3. The van der Waals surface area contributed by atoms with Crippen LogP contribution in [0, 0.1) is 0 Å². The average Bonchev–Trinajstić information content (AvgIpc) is 3.29. The van der Waals surface area contributed by atoms with E-state index >= 15 is 0 Å². The molecular formula is C26H20N4O3S. The molecule has 0 fully saturated rings. The lowest BCUT2D eigenvalue weighted by Gasteiger charge is -2.09. The maximum Gasteiger partial charge on any atom is 0.255 e. The zero-order valence-electron chi connectivity index (χ0n) is 18.0. The highest BCUT2D eigenvalue weighted by Crippen LogP contribution is 2.22. The first kappa shape index (κ1) is 21.5. The molecule has 1 amide bonds. The molecule has 3 aromatic carbocycles. The highest BCUT2D eigenvalue weighted by molar-refractivity contribution is 7.90. The van der Waals surface area contributed by atoms with Gasteiger partial charge in [-0.3, -0.25) is 9.20 Å². The molecule has 8 heteroatoms. The van der Waals surface area contributed by atoms with E-state index in [4.69, 9.17) is 0 Å². The highest BCUT2D eigenvalue weighted by Gasteiger charge is 2.16. The van der Waals surface area contributed by atoms with E-state index < -0.39 is 9.84 Å². The number of fused-ring (bicyclic) bond motifs is 1. The topological polar surface area (TPSA) is 93.4 Å². The van der Waals surface area contributed by atoms with Crippen molar-refractivity contribution in [3.05, 3.63) is 115 Å². The van der Waals surface area contributed by atoms with Crippen molar-refractivity contribution in [3.63, 3.8) is 0 Å². The van der Waals surface area contributed by atoms with Crippen LogP contribution in [0.5, 0.6) is 0 Å². The summed E-state index contributed by atoms with van der Waals surface area (Å²) < 4.78 is 27.2. The van der Waals surface area contributed by atoms with E-state index in [0.29, 0.717) is 22.6 Å². The number of nitrogens with one attached hydrogen (secondary N) is 1. The van der Waals surface area contributed by atoms with Crippen LogP contribution >= 0.6 is 0 Å². The molecule has 168 valence electrons. The van der Waals surface area contributed by atoms with Gasteiger partial charge >= 0.3 is 0 Å². The fraction of sp³-hybridized carbons (Fsp3) is 0.0385. The van der Waals surface area contributed by atoms with Crippen LogP contribution in [-0.2, 0) is 15.6 Å². The summed E-state index contributed by atoms with van der Waals surface area (Å²) in [6, 6.07) is 24.1. The Bertz CT molecular complexity index is 1540. The number of carbonyl (C=O) groups excluding carboxylic acids is 1. The van der Waals surface area contributed by atoms with Crippen molar-refractivity contribution < 1.29 is 13.2 Å². The summed E-state index contributed by atoms with van der Waals surface area (Å²) in [6.45, 7) is 0. The predicted octanol–water partition coefficient (Wildman–Crippen LogP) is 4.62. The van der Waals surface area contributed by atoms with E-state index in [-0.39, 0.29) is 16.6 Å². The van der Waals surface area contributed by atoms with Gasteiger partial charge in [0.1, 0.15) is 0 Å². The van der Waals surface area contributed by atoms with Gasteiger partial charge in [-0.2, -0.15) is 0 Å². The minimum atomic E-state index is -3.50. The SMILES string of the molecule is O=C(Nc1ccc(-c2cn3cccnc3n2)cc1)c1cccc(CS(=O)(=O)c2ccccc2)c1. The number of benzene rings is 3. The number of anilines is 1. The van der Waals surface area contributed by atoms with E-state index in [1.807, 2.05) is 35.0 Å². The number of sulfone groups is 1. The molecule has 0 aliphatic rings. The quantitative estimate of drug-likeness (QED) is 0.392. The van der Waals surface area contributed by atoms with Gasteiger partial charge in [0.15, 0.2) is 9.84 Å². The zero-order valence-corrected chi connectivity index (χ0v) is 18.8. The van der Waals surface area contributed by atoms with Gasteiger partial charge < -0.3 is 5.32 Å². The largest absolute Gasteiger partial charge is 0.322 e. The first-order chi connectivity index (χ1) is 16.5. The number of rotatable bonds is 6. The van der Waals surface area contributed by atoms with Crippen molar-refractivity contribution >= 4 is 27.2 Å². The lowest BCUT2D eigenvalue weighted by atomic mass is 10.1. The Balaban J connectivity index is 1.30. The van der Waals surface area contributed by atoms with Crippen molar-refractivity contribution in [1.82, 2.24) is 14.4 Å². The fourth-order valence-corrected chi connectivity index (χ4v) is 4.99. The maximum atomic E-state index is 12.8. The Hall–Kier alpha value is -4.30. The minimum absolute atomic E-state index is 0.180. The van der Waals surface area contributed by atoms with Gasteiger partial charge in [0.25, 0.3) is 5.91 Å². The summed E-state index contributed by atoms with van der Waals surface area (Å²) in [4.78, 5) is 21.8. The van der Waals surface area contributed by atoms with Gasteiger partial charge in [0, 0.05) is 35.4 Å². The van der Waals surface area contributed by atoms with Crippen LogP contribution in [0.4, 0.5) is 5.69 Å². The van der Waals surface area contributed by atoms with E-state index in [1.165, 1.54) is 0 Å². The first-order valence-corrected chi connectivity index (χ1v) is 12.2. The maximum absolute atomic E-state index is 12.8. The normalized spacial score (nSPS) is 11.4. The van der Waals surface area contributed by atoms with Gasteiger partial charge in [-0.1, -0.05) is 42.5 Å². The Morgan fingerprint density at radius 3 is 2.47 bits per heavy atom. The molecule has 7 nitrogen and oxygen atoms in total. The van der Waals surface area contributed by atoms with Crippen molar-refractivity contribution in [2.75, 3.05) is 5.32 Å². The zero-order chi connectivity index (χ0) is 23.5. The van der Waals surface area contributed by atoms with Gasteiger partial charge in [0.2, 0.25) is 5.78 Å². The molecule has 2 heterocycles. The van der Waals surface area contributed by atoms with Gasteiger partial charge in [-0.15, -0.1) is 0 Å². The number of imidazole rings is 1. The summed E-state index contributed by atoms with van der Waals surface area (Å²) in [7, 11) is -3.50. The molecule has 0 unspecified atom stereocenters. The summed E-state index contributed by atoms with van der Waals surface area (Å²) in [5.74, 6) is 0.119. The smallest absolute Gasteiger partial charge is 0.255 e. The highest BCUT2D eigenvalue weighted by atomic mass is 32.2. The molecular weight excluding hydrogens is 448 g/mol. The standard InChI is InChI=1S/C26H20N4O3S/c31-25(21-7-4-6-19(16-21)18-34(32,33)23-8-2-1-3-9-23)28-22-12-10-20(11-13-22)24-17-30-15-5-14-27-26(30)29-24/h1-17H,18H2,(H,28,31). The second-order valence-corrected chi connectivity index (χ2v) is 9.75. The van der Waals surface area contributed by atoms with Crippen molar-refractivity contribution in [3.8, 4) is 11.3 Å². The Morgan fingerprint density at radius 2 is 1.71 bits per heavy atom. The van der Waals surface area contributed by atoms with Crippen molar-refractivity contribution in [2.24, 2.45) is 0 Å². The van der Waals surface area contributed by atoms with E-state index in [9.17, 15) is 13.2 Å². The molecule has 1 N–H and O–H groups in total. The van der Waals surface area contributed by atoms with Crippen LogP contribution in [0.1, 0.15) is 15.9 Å². The second-order valence-electron chi connectivity index (χ2n) is 7.76. The summed E-state index contributed by atoms with van der Waals surface area (Å²) in [6.07, 6.45) is 5.47. The van der Waals surface area contributed by atoms with Gasteiger partial charge in [-0.05, 0) is 48.0 Å². The van der Waals surface area contributed by atoms with Crippen LogP contribution in [-0.4, -0.2) is 28.7 Å². The Kier molecular flexibility index (Phi) is 5.65. The molecule has 0 aliphatic heterocycles. The number of nitrogens with zero attached hydrogens (tertiary/aromatic N) is 3. The molecule has 34 heavy (non-hydrogen) atoms. The molecule has 5 aromatic rings. The van der Waals surface area contributed by atoms with E-state index in [1.54, 1.807) is 72.9 Å². The Labute approximate surface area is 196 Å². The molecule has 0 spiro atoms. The third-order valence-corrected chi connectivity index (χ3v) is 7.03. The summed E-state index contributed by atoms with van der Waals surface area (Å²) >= 11 is 0. The number of amides is 1. The number of carbonyl (C=O) groups is 1. The van der Waals surface area contributed by atoms with Crippen molar-refractivity contribution in [1.29, 1.82) is 0 Å². The van der Waals surface area contributed by atoms with Gasteiger partial charge in [-0.25, -0.2) is 18.4 Å². The lowest BCUT2D eigenvalue weighted by molar-refractivity contribution is 0.102. The van der Waals surface area contributed by atoms with Crippen LogP contribution in [0.25, 0.3) is 17.0 Å². The van der Waals surface area contributed by atoms with E-state index in [2.05, 4.69) is 15.3 Å². The molecule has 2 aromatic heterocycles. The molecule has 0 aliphatic carbocycles. The molecule has 0 saturated carbocycles. The molecule has 5 rings (SSSR count). The average molecular weight is 469 g/mol.